The predicted molar refractivity (Wildman–Crippen MR) is 221 cm³/mol. The van der Waals surface area contributed by atoms with Crippen molar-refractivity contribution < 1.29 is 37.9 Å². The lowest BCUT2D eigenvalue weighted by Gasteiger charge is -2.18. The van der Waals surface area contributed by atoms with E-state index in [1.54, 1.807) is 0 Å². The Morgan fingerprint density at radius 2 is 0.849 bits per heavy atom. The van der Waals surface area contributed by atoms with Gasteiger partial charge >= 0.3 is 19.8 Å². The summed E-state index contributed by atoms with van der Waals surface area (Å²) < 4.78 is 26.4. The van der Waals surface area contributed by atoms with Crippen molar-refractivity contribution in [1.82, 2.24) is 0 Å². The summed E-state index contributed by atoms with van der Waals surface area (Å²) in [6.07, 6.45) is 48.3. The van der Waals surface area contributed by atoms with Crippen LogP contribution in [0.15, 0.2) is 48.6 Å². The first-order valence-corrected chi connectivity index (χ1v) is 23.0. The highest BCUT2D eigenvalue weighted by atomic mass is 31.2. The van der Waals surface area contributed by atoms with Gasteiger partial charge in [-0.2, -0.15) is 0 Å². The fourth-order valence-electron chi connectivity index (χ4n) is 5.89. The second-order valence-electron chi connectivity index (χ2n) is 14.3. The van der Waals surface area contributed by atoms with Gasteiger partial charge in [-0.05, 0) is 57.8 Å². The van der Waals surface area contributed by atoms with Crippen LogP contribution in [0.3, 0.4) is 0 Å². The average Bonchev–Trinajstić information content (AvgIpc) is 3.13. The van der Waals surface area contributed by atoms with Gasteiger partial charge in [0.25, 0.3) is 0 Å². The average molecular weight is 767 g/mol. The van der Waals surface area contributed by atoms with Gasteiger partial charge in [-0.1, -0.05) is 178 Å². The molecule has 0 fully saturated rings. The van der Waals surface area contributed by atoms with Gasteiger partial charge < -0.3 is 19.3 Å². The molecule has 0 aliphatic heterocycles. The standard InChI is InChI=1S/C44H79O8P/c1-3-5-7-9-11-13-15-17-19-21-22-23-25-26-28-30-32-34-36-38-43(45)50-40-42(41-51-53(47,48)49)52-44(46)39-37-35-33-31-29-27-24-20-18-16-14-12-10-8-6-4-2/h11,13,17,19,22-23,26,28,42H,3-10,12,14-16,18,20-21,24-25,27,29-41H2,1-2H3,(H2,47,48,49)/b13-11+,19-17+,23-22+,28-26+/t42-/m1/s1. The van der Waals surface area contributed by atoms with E-state index in [1.165, 1.54) is 103 Å². The molecular weight excluding hydrogens is 687 g/mol. The quantitative estimate of drug-likeness (QED) is 0.0275. The highest BCUT2D eigenvalue weighted by Crippen LogP contribution is 2.36. The van der Waals surface area contributed by atoms with Crippen LogP contribution in [0.5, 0.6) is 0 Å². The van der Waals surface area contributed by atoms with Gasteiger partial charge in [0.15, 0.2) is 6.10 Å². The fraction of sp³-hybridized carbons (Fsp3) is 0.773. The topological polar surface area (TPSA) is 119 Å². The van der Waals surface area contributed by atoms with Crippen LogP contribution in [0.1, 0.15) is 200 Å². The summed E-state index contributed by atoms with van der Waals surface area (Å²) in [4.78, 5) is 42.9. The lowest BCUT2D eigenvalue weighted by molar-refractivity contribution is -0.161. The third kappa shape index (κ3) is 42.6. The Morgan fingerprint density at radius 1 is 0.491 bits per heavy atom. The number of carbonyl (C=O) groups is 2. The Labute approximate surface area is 324 Å². The van der Waals surface area contributed by atoms with E-state index >= 15 is 0 Å². The normalized spacial score (nSPS) is 12.9. The molecule has 1 atom stereocenters. The van der Waals surface area contributed by atoms with Gasteiger partial charge in [-0.3, -0.25) is 14.1 Å². The van der Waals surface area contributed by atoms with Crippen LogP contribution in [0, 0.1) is 0 Å². The molecule has 0 saturated carbocycles. The van der Waals surface area contributed by atoms with Gasteiger partial charge in [-0.15, -0.1) is 0 Å². The Balaban J connectivity index is 3.97. The molecule has 0 aliphatic carbocycles. The maximum atomic E-state index is 12.4. The van der Waals surface area contributed by atoms with Gasteiger partial charge in [0.1, 0.15) is 6.61 Å². The van der Waals surface area contributed by atoms with Crippen molar-refractivity contribution in [3.63, 3.8) is 0 Å². The smallest absolute Gasteiger partial charge is 0.462 e. The van der Waals surface area contributed by atoms with Crippen LogP contribution >= 0.6 is 7.82 Å². The van der Waals surface area contributed by atoms with E-state index in [-0.39, 0.29) is 19.4 Å². The van der Waals surface area contributed by atoms with E-state index in [2.05, 4.69) is 67.0 Å². The van der Waals surface area contributed by atoms with E-state index in [9.17, 15) is 14.2 Å². The van der Waals surface area contributed by atoms with Crippen LogP contribution < -0.4 is 0 Å². The number of esters is 2. The zero-order valence-electron chi connectivity index (χ0n) is 33.9. The highest BCUT2D eigenvalue weighted by Gasteiger charge is 2.22. The molecule has 9 heteroatoms. The Morgan fingerprint density at radius 3 is 1.30 bits per heavy atom. The number of allylic oxidation sites excluding steroid dienone is 8. The second kappa shape index (κ2) is 39.7. The molecule has 0 aromatic heterocycles. The second-order valence-corrected chi connectivity index (χ2v) is 15.6. The maximum Gasteiger partial charge on any atom is 0.469 e. The van der Waals surface area contributed by atoms with Crippen molar-refractivity contribution in [1.29, 1.82) is 0 Å². The van der Waals surface area contributed by atoms with Crippen molar-refractivity contribution in [2.75, 3.05) is 13.2 Å². The molecule has 0 aromatic carbocycles. The molecule has 2 N–H and O–H groups in total. The van der Waals surface area contributed by atoms with Gasteiger partial charge in [0.05, 0.1) is 6.61 Å². The molecule has 0 spiro atoms. The van der Waals surface area contributed by atoms with Crippen LogP contribution in [-0.4, -0.2) is 41.0 Å². The van der Waals surface area contributed by atoms with Crippen LogP contribution in [0.2, 0.25) is 0 Å². The third-order valence-corrected chi connectivity index (χ3v) is 9.59. The number of hydrogen-bond acceptors (Lipinski definition) is 6. The van der Waals surface area contributed by atoms with Crippen LogP contribution in [-0.2, 0) is 28.2 Å². The largest absolute Gasteiger partial charge is 0.469 e. The van der Waals surface area contributed by atoms with Crippen molar-refractivity contribution in [3.05, 3.63) is 48.6 Å². The number of phosphoric acid groups is 1. The Hall–Kier alpha value is -1.99. The van der Waals surface area contributed by atoms with Gasteiger partial charge in [-0.25, -0.2) is 4.57 Å². The number of unbranched alkanes of at least 4 members (excludes halogenated alkanes) is 21. The van der Waals surface area contributed by atoms with Crippen molar-refractivity contribution in [3.8, 4) is 0 Å². The number of rotatable bonds is 39. The minimum absolute atomic E-state index is 0.207. The highest BCUT2D eigenvalue weighted by molar-refractivity contribution is 7.46. The Kier molecular flexibility index (Phi) is 38.2. The van der Waals surface area contributed by atoms with E-state index < -0.39 is 32.5 Å². The summed E-state index contributed by atoms with van der Waals surface area (Å²) in [5.41, 5.74) is 0. The molecule has 0 saturated heterocycles. The summed E-state index contributed by atoms with van der Waals surface area (Å²) in [5, 5.41) is 0. The summed E-state index contributed by atoms with van der Waals surface area (Å²) in [7, 11) is -4.76. The molecule has 308 valence electrons. The first-order chi connectivity index (χ1) is 25.8. The third-order valence-electron chi connectivity index (χ3n) is 9.10. The molecule has 53 heavy (non-hydrogen) atoms. The molecule has 0 radical (unpaired) electrons. The van der Waals surface area contributed by atoms with Crippen LogP contribution in [0.25, 0.3) is 0 Å². The number of phosphoric ester groups is 1. The molecular formula is C44H79O8P. The molecule has 8 nitrogen and oxygen atoms in total. The maximum absolute atomic E-state index is 12.4. The lowest BCUT2D eigenvalue weighted by atomic mass is 10.0. The zero-order chi connectivity index (χ0) is 38.9. The first kappa shape index (κ1) is 51.0. The molecule has 0 bridgehead atoms. The van der Waals surface area contributed by atoms with Gasteiger partial charge in [0.2, 0.25) is 0 Å². The molecule has 0 rings (SSSR count). The SMILES string of the molecule is CCCCC/C=C/C/C=C/C/C=C/C/C=C/CCCCCC(=O)OC[C@H](COP(=O)(O)O)OC(=O)CCCCCCCCCCCCCCCCCC. The van der Waals surface area contributed by atoms with Crippen molar-refractivity contribution in [2.24, 2.45) is 0 Å². The minimum atomic E-state index is -4.76. The number of ether oxygens (including phenoxy) is 2. The monoisotopic (exact) mass is 767 g/mol. The molecule has 0 aliphatic rings. The zero-order valence-corrected chi connectivity index (χ0v) is 34.8. The molecule has 0 aromatic rings. The minimum Gasteiger partial charge on any atom is -0.462 e. The Bertz CT molecular complexity index is 999. The van der Waals surface area contributed by atoms with E-state index in [1.807, 2.05) is 0 Å². The van der Waals surface area contributed by atoms with Crippen molar-refractivity contribution >= 4 is 19.8 Å². The van der Waals surface area contributed by atoms with Crippen molar-refractivity contribution in [2.45, 2.75) is 206 Å². The lowest BCUT2D eigenvalue weighted by Crippen LogP contribution is -2.29. The number of hydrogen-bond donors (Lipinski definition) is 2. The van der Waals surface area contributed by atoms with E-state index in [0.29, 0.717) is 12.8 Å². The molecule has 0 unspecified atom stereocenters. The predicted octanol–water partition coefficient (Wildman–Crippen LogP) is 13.1. The van der Waals surface area contributed by atoms with E-state index in [4.69, 9.17) is 19.3 Å². The van der Waals surface area contributed by atoms with Gasteiger partial charge in [0, 0.05) is 12.8 Å². The summed E-state index contributed by atoms with van der Waals surface area (Å²) in [6, 6.07) is 0. The first-order valence-electron chi connectivity index (χ1n) is 21.4. The summed E-state index contributed by atoms with van der Waals surface area (Å²) in [6.45, 7) is 3.64. The fourth-order valence-corrected chi connectivity index (χ4v) is 6.25. The van der Waals surface area contributed by atoms with Crippen LogP contribution in [0.4, 0.5) is 0 Å². The number of carbonyl (C=O) groups excluding carboxylic acids is 2. The summed E-state index contributed by atoms with van der Waals surface area (Å²) >= 11 is 0. The molecule has 0 amide bonds. The van der Waals surface area contributed by atoms with E-state index in [0.717, 1.165) is 57.8 Å². The summed E-state index contributed by atoms with van der Waals surface area (Å²) in [5.74, 6) is -0.916. The molecule has 0 heterocycles.